The zero-order valence-electron chi connectivity index (χ0n) is 16.1. The first-order valence-corrected chi connectivity index (χ1v) is 11.7. The summed E-state index contributed by atoms with van der Waals surface area (Å²) in [4.78, 5) is 26.4. The van der Waals surface area contributed by atoms with Gasteiger partial charge in [0.15, 0.2) is 0 Å². The van der Waals surface area contributed by atoms with Crippen molar-refractivity contribution >= 4 is 68.7 Å². The SMILES string of the molecule is CC(C)OC(=O)n1ncc(I)c1-c1ccc(-c2c(I)cnn2C(=O)OC(C)C)s1. The van der Waals surface area contributed by atoms with Gasteiger partial charge in [0.25, 0.3) is 0 Å². The molecule has 0 aliphatic carbocycles. The summed E-state index contributed by atoms with van der Waals surface area (Å²) in [6, 6.07) is 3.78. The molecule has 3 aromatic rings. The van der Waals surface area contributed by atoms with E-state index in [4.69, 9.17) is 9.47 Å². The number of thiophene rings is 1. The maximum atomic E-state index is 12.4. The standard InChI is InChI=1S/C18H18I2N4O4S/c1-9(2)27-17(25)23-15(11(19)7-21-23)13-5-6-14(29-13)16-12(20)8-22-24(16)18(26)28-10(3)4/h5-10H,1-4H3. The summed E-state index contributed by atoms with van der Waals surface area (Å²) in [6.07, 6.45) is 1.66. The molecule has 29 heavy (non-hydrogen) atoms. The fraction of sp³-hybridized carbons (Fsp3) is 0.333. The highest BCUT2D eigenvalue weighted by Gasteiger charge is 2.24. The molecule has 0 fully saturated rings. The molecule has 0 saturated carbocycles. The minimum Gasteiger partial charge on any atom is -0.445 e. The number of hydrogen-bond acceptors (Lipinski definition) is 7. The lowest BCUT2D eigenvalue weighted by Gasteiger charge is -2.10. The molecule has 0 amide bonds. The van der Waals surface area contributed by atoms with Gasteiger partial charge < -0.3 is 9.47 Å². The average molecular weight is 640 g/mol. The predicted octanol–water partition coefficient (Wildman–Crippen LogP) is 5.47. The number of nitrogens with zero attached hydrogens (tertiary/aromatic N) is 4. The van der Waals surface area contributed by atoms with Crippen molar-refractivity contribution in [3.8, 4) is 21.1 Å². The van der Waals surface area contributed by atoms with Gasteiger partial charge in [-0.3, -0.25) is 0 Å². The maximum Gasteiger partial charge on any atom is 0.435 e. The lowest BCUT2D eigenvalue weighted by Crippen LogP contribution is -2.20. The molecule has 0 atom stereocenters. The summed E-state index contributed by atoms with van der Waals surface area (Å²) in [6.45, 7) is 7.15. The van der Waals surface area contributed by atoms with Gasteiger partial charge in [0, 0.05) is 0 Å². The van der Waals surface area contributed by atoms with Crippen LogP contribution in [0, 0.1) is 7.14 Å². The van der Waals surface area contributed by atoms with Gasteiger partial charge in [-0.15, -0.1) is 11.3 Å². The van der Waals surface area contributed by atoms with Crippen LogP contribution in [-0.2, 0) is 9.47 Å². The van der Waals surface area contributed by atoms with Gasteiger partial charge >= 0.3 is 12.2 Å². The number of carbonyl (C=O) groups excluding carboxylic acids is 2. The first-order chi connectivity index (χ1) is 13.7. The van der Waals surface area contributed by atoms with Crippen LogP contribution < -0.4 is 0 Å². The van der Waals surface area contributed by atoms with Crippen LogP contribution in [0.3, 0.4) is 0 Å². The Hall–Kier alpha value is -1.48. The molecule has 3 rings (SSSR count). The topological polar surface area (TPSA) is 88.2 Å². The molecule has 0 spiro atoms. The fourth-order valence-corrected chi connectivity index (χ4v) is 5.22. The summed E-state index contributed by atoms with van der Waals surface area (Å²) in [5.41, 5.74) is 1.30. The van der Waals surface area contributed by atoms with E-state index >= 15 is 0 Å². The Morgan fingerprint density at radius 1 is 0.862 bits per heavy atom. The van der Waals surface area contributed by atoms with Crippen molar-refractivity contribution in [1.29, 1.82) is 0 Å². The molecule has 0 aliphatic heterocycles. The van der Waals surface area contributed by atoms with Crippen LogP contribution in [0.1, 0.15) is 27.7 Å². The Balaban J connectivity index is 2.00. The van der Waals surface area contributed by atoms with E-state index in [9.17, 15) is 9.59 Å². The van der Waals surface area contributed by atoms with E-state index in [-0.39, 0.29) is 12.2 Å². The lowest BCUT2D eigenvalue weighted by molar-refractivity contribution is 0.113. The molecule has 0 aliphatic rings. The highest BCUT2D eigenvalue weighted by Crippen LogP contribution is 2.38. The molecule has 0 unspecified atom stereocenters. The third kappa shape index (κ3) is 4.82. The second-order valence-corrected chi connectivity index (χ2v) is 9.94. The van der Waals surface area contributed by atoms with Gasteiger partial charge in [-0.25, -0.2) is 9.59 Å². The van der Waals surface area contributed by atoms with Gasteiger partial charge in [-0.2, -0.15) is 19.6 Å². The summed E-state index contributed by atoms with van der Waals surface area (Å²) in [7, 11) is 0. The van der Waals surface area contributed by atoms with E-state index in [1.807, 2.05) is 12.1 Å². The smallest absolute Gasteiger partial charge is 0.435 e. The van der Waals surface area contributed by atoms with E-state index in [2.05, 4.69) is 55.4 Å². The normalized spacial score (nSPS) is 11.3. The highest BCUT2D eigenvalue weighted by molar-refractivity contribution is 14.1. The van der Waals surface area contributed by atoms with Crippen LogP contribution in [0.2, 0.25) is 0 Å². The van der Waals surface area contributed by atoms with Gasteiger partial charge in [0.2, 0.25) is 0 Å². The summed E-state index contributed by atoms with van der Waals surface area (Å²) >= 11 is 5.70. The quantitative estimate of drug-likeness (QED) is 0.352. The van der Waals surface area contributed by atoms with Crippen LogP contribution in [0.15, 0.2) is 24.5 Å². The predicted molar refractivity (Wildman–Crippen MR) is 126 cm³/mol. The molecular weight excluding hydrogens is 622 g/mol. The second kappa shape index (κ2) is 9.12. The van der Waals surface area contributed by atoms with Crippen LogP contribution >= 0.6 is 56.5 Å². The maximum absolute atomic E-state index is 12.4. The number of aromatic nitrogens is 4. The molecule has 0 saturated heterocycles. The minimum absolute atomic E-state index is 0.251. The first-order valence-electron chi connectivity index (χ1n) is 8.68. The first kappa shape index (κ1) is 22.2. The van der Waals surface area contributed by atoms with Crippen molar-refractivity contribution in [3.63, 3.8) is 0 Å². The molecule has 0 bridgehead atoms. The third-order valence-electron chi connectivity index (χ3n) is 3.54. The Morgan fingerprint density at radius 2 is 1.24 bits per heavy atom. The monoisotopic (exact) mass is 640 g/mol. The molecule has 0 aromatic carbocycles. The fourth-order valence-electron chi connectivity index (χ4n) is 2.47. The van der Waals surface area contributed by atoms with Crippen molar-refractivity contribution in [3.05, 3.63) is 31.7 Å². The van der Waals surface area contributed by atoms with Gasteiger partial charge in [-0.05, 0) is 85.0 Å². The van der Waals surface area contributed by atoms with Crippen molar-refractivity contribution < 1.29 is 19.1 Å². The van der Waals surface area contributed by atoms with Crippen LogP contribution in [-0.4, -0.2) is 44.0 Å². The molecule has 3 heterocycles. The summed E-state index contributed by atoms with van der Waals surface area (Å²) in [5.74, 6) is 0. The van der Waals surface area contributed by atoms with E-state index in [1.54, 1.807) is 40.1 Å². The minimum atomic E-state index is -0.534. The second-order valence-electron chi connectivity index (χ2n) is 6.53. The van der Waals surface area contributed by atoms with Gasteiger partial charge in [-0.1, -0.05) is 0 Å². The van der Waals surface area contributed by atoms with E-state index in [0.29, 0.717) is 11.4 Å². The highest BCUT2D eigenvalue weighted by atomic mass is 127. The Morgan fingerprint density at radius 3 is 1.59 bits per heavy atom. The summed E-state index contributed by atoms with van der Waals surface area (Å²) < 4.78 is 14.7. The van der Waals surface area contributed by atoms with Crippen LogP contribution in [0.5, 0.6) is 0 Å². The number of carbonyl (C=O) groups is 2. The van der Waals surface area contributed by atoms with Gasteiger partial charge in [0.1, 0.15) is 11.4 Å². The molecule has 8 nitrogen and oxygen atoms in total. The Bertz CT molecular complexity index is 974. The molecule has 0 radical (unpaired) electrons. The number of halogens is 2. The van der Waals surface area contributed by atoms with Crippen molar-refractivity contribution in [2.24, 2.45) is 0 Å². The molecule has 154 valence electrons. The van der Waals surface area contributed by atoms with Crippen LogP contribution in [0.4, 0.5) is 9.59 Å². The molecular formula is C18H18I2N4O4S. The van der Waals surface area contributed by atoms with Gasteiger partial charge in [0.05, 0.1) is 41.5 Å². The average Bonchev–Trinajstić information content (AvgIpc) is 3.31. The van der Waals surface area contributed by atoms with E-state index < -0.39 is 12.2 Å². The lowest BCUT2D eigenvalue weighted by atomic mass is 10.3. The molecule has 11 heteroatoms. The van der Waals surface area contributed by atoms with Crippen LogP contribution in [0.25, 0.3) is 21.1 Å². The van der Waals surface area contributed by atoms with Crippen molar-refractivity contribution in [1.82, 2.24) is 19.6 Å². The molecule has 3 aromatic heterocycles. The molecule has 0 N–H and O–H groups in total. The number of rotatable bonds is 4. The number of hydrogen-bond donors (Lipinski definition) is 0. The summed E-state index contributed by atoms with van der Waals surface area (Å²) in [5, 5.41) is 8.32. The largest absolute Gasteiger partial charge is 0.445 e. The van der Waals surface area contributed by atoms with E-state index in [0.717, 1.165) is 16.9 Å². The van der Waals surface area contributed by atoms with Crippen molar-refractivity contribution in [2.75, 3.05) is 0 Å². The third-order valence-corrected chi connectivity index (χ3v) is 6.22. The zero-order chi connectivity index (χ0) is 21.3. The zero-order valence-corrected chi connectivity index (χ0v) is 21.2. The Labute approximate surface area is 198 Å². The van der Waals surface area contributed by atoms with Crippen molar-refractivity contribution in [2.45, 2.75) is 39.9 Å². The number of ether oxygens (including phenoxy) is 2. The Kier molecular flexibility index (Phi) is 6.98. The van der Waals surface area contributed by atoms with E-state index in [1.165, 1.54) is 20.7 Å².